The fourth-order valence-corrected chi connectivity index (χ4v) is 2.41. The summed E-state index contributed by atoms with van der Waals surface area (Å²) in [4.78, 5) is 13.3. The number of carbonyl (C=O) groups is 1. The molecular weight excluding hydrogens is 323 g/mol. The molecule has 1 aromatic heterocycles. The minimum absolute atomic E-state index is 0.232. The molecule has 0 fully saturated rings. The van der Waals surface area contributed by atoms with Crippen LogP contribution in [0.5, 0.6) is 0 Å². The topological polar surface area (TPSA) is 58.4 Å². The van der Waals surface area contributed by atoms with Crippen molar-refractivity contribution in [3.05, 3.63) is 47.3 Å². The fraction of sp³-hybridized carbons (Fsp3) is 0.375. The number of amides is 1. The summed E-state index contributed by atoms with van der Waals surface area (Å²) in [5.41, 5.74) is 1.91. The molecule has 0 aliphatic carbocycles. The van der Waals surface area contributed by atoms with Crippen LogP contribution in [0.2, 0.25) is 0 Å². The summed E-state index contributed by atoms with van der Waals surface area (Å²) in [5, 5.41) is 13.4. The molecule has 1 aromatic carbocycles. The van der Waals surface area contributed by atoms with Crippen LogP contribution in [0.4, 0.5) is 13.2 Å². The molecule has 1 atom stereocenters. The van der Waals surface area contributed by atoms with Crippen LogP contribution in [-0.4, -0.2) is 51.6 Å². The third kappa shape index (κ3) is 3.59. The number of rotatable bonds is 4. The molecule has 5 nitrogen and oxygen atoms in total. The van der Waals surface area contributed by atoms with Gasteiger partial charge < -0.3 is 10.0 Å². The molecule has 130 valence electrons. The van der Waals surface area contributed by atoms with E-state index < -0.39 is 24.7 Å². The van der Waals surface area contributed by atoms with Gasteiger partial charge in [-0.05, 0) is 26.0 Å². The van der Waals surface area contributed by atoms with E-state index in [1.807, 2.05) is 30.3 Å². The van der Waals surface area contributed by atoms with Gasteiger partial charge in [-0.3, -0.25) is 4.79 Å². The van der Waals surface area contributed by atoms with Crippen LogP contribution in [0.1, 0.15) is 21.7 Å². The van der Waals surface area contributed by atoms with Gasteiger partial charge >= 0.3 is 6.18 Å². The fourth-order valence-electron chi connectivity index (χ4n) is 2.41. The second kappa shape index (κ2) is 6.64. The Bertz CT molecular complexity index is 726. The second-order valence-electron chi connectivity index (χ2n) is 5.54. The third-order valence-corrected chi connectivity index (χ3v) is 3.68. The lowest BCUT2D eigenvalue weighted by Gasteiger charge is -2.22. The van der Waals surface area contributed by atoms with Crippen LogP contribution in [0.3, 0.4) is 0 Å². The number of hydrogen-bond acceptors (Lipinski definition) is 3. The molecule has 2 aromatic rings. The lowest BCUT2D eigenvalue weighted by Crippen LogP contribution is -2.42. The molecule has 1 amide bonds. The lowest BCUT2D eigenvalue weighted by molar-refractivity contribution is -0.205. The number of carbonyl (C=O) groups excluding carboxylic acids is 1. The van der Waals surface area contributed by atoms with E-state index in [0.29, 0.717) is 11.4 Å². The van der Waals surface area contributed by atoms with Crippen molar-refractivity contribution >= 4 is 5.91 Å². The Hall–Kier alpha value is -2.35. The molecular formula is C16H18F3N3O2. The van der Waals surface area contributed by atoms with Crippen molar-refractivity contribution in [2.24, 2.45) is 0 Å². The zero-order valence-electron chi connectivity index (χ0n) is 13.5. The Balaban J connectivity index is 2.29. The first kappa shape index (κ1) is 18.0. The predicted molar refractivity (Wildman–Crippen MR) is 82.1 cm³/mol. The zero-order valence-corrected chi connectivity index (χ0v) is 13.5. The van der Waals surface area contributed by atoms with Gasteiger partial charge in [-0.15, -0.1) is 0 Å². The van der Waals surface area contributed by atoms with Crippen molar-refractivity contribution < 1.29 is 23.1 Å². The first-order valence-corrected chi connectivity index (χ1v) is 7.24. The van der Waals surface area contributed by atoms with E-state index in [-0.39, 0.29) is 5.56 Å². The van der Waals surface area contributed by atoms with Crippen LogP contribution in [0, 0.1) is 13.8 Å². The number of benzene rings is 1. The SMILES string of the molecule is Cc1nn(-c2ccccc2)c(C)c1C(=O)N(C)CC(O)C(F)(F)F. The lowest BCUT2D eigenvalue weighted by atomic mass is 10.1. The van der Waals surface area contributed by atoms with Gasteiger partial charge in [0.25, 0.3) is 5.91 Å². The average Bonchev–Trinajstić information content (AvgIpc) is 2.81. The van der Waals surface area contributed by atoms with Crippen molar-refractivity contribution in [3.63, 3.8) is 0 Å². The van der Waals surface area contributed by atoms with Crippen LogP contribution in [0.15, 0.2) is 30.3 Å². The standard InChI is InChI=1S/C16H18F3N3O2/c1-10-14(15(24)21(3)9-13(23)16(17,18)19)11(2)22(20-10)12-7-5-4-6-8-12/h4-8,13,23H,9H2,1-3H3. The van der Waals surface area contributed by atoms with E-state index in [4.69, 9.17) is 5.11 Å². The summed E-state index contributed by atoms with van der Waals surface area (Å²) in [6.45, 7) is 2.46. The monoisotopic (exact) mass is 341 g/mol. The van der Waals surface area contributed by atoms with E-state index >= 15 is 0 Å². The quantitative estimate of drug-likeness (QED) is 0.929. The van der Waals surface area contributed by atoms with Crippen molar-refractivity contribution in [2.45, 2.75) is 26.1 Å². The van der Waals surface area contributed by atoms with Gasteiger partial charge in [0.05, 0.1) is 29.2 Å². The smallest absolute Gasteiger partial charge is 0.382 e. The molecule has 1 N–H and O–H groups in total. The number of halogens is 3. The number of aliphatic hydroxyl groups excluding tert-OH is 1. The Labute approximate surface area is 137 Å². The Morgan fingerprint density at radius 1 is 1.29 bits per heavy atom. The minimum atomic E-state index is -4.77. The third-order valence-electron chi connectivity index (χ3n) is 3.68. The van der Waals surface area contributed by atoms with Crippen molar-refractivity contribution in [1.82, 2.24) is 14.7 Å². The molecule has 0 aliphatic rings. The maximum absolute atomic E-state index is 12.5. The molecule has 24 heavy (non-hydrogen) atoms. The largest absolute Gasteiger partial charge is 0.416 e. The molecule has 2 rings (SSSR count). The summed E-state index contributed by atoms with van der Waals surface area (Å²) in [6, 6.07) is 9.10. The van der Waals surface area contributed by atoms with Gasteiger partial charge in [-0.1, -0.05) is 18.2 Å². The first-order valence-electron chi connectivity index (χ1n) is 7.24. The van der Waals surface area contributed by atoms with Gasteiger partial charge in [0.1, 0.15) is 0 Å². The van der Waals surface area contributed by atoms with E-state index in [1.165, 1.54) is 7.05 Å². The zero-order chi connectivity index (χ0) is 18.1. The van der Waals surface area contributed by atoms with Gasteiger partial charge in [0.15, 0.2) is 6.10 Å². The summed E-state index contributed by atoms with van der Waals surface area (Å²) in [6.07, 6.45) is -7.36. The molecule has 0 radical (unpaired) electrons. The predicted octanol–water partition coefficient (Wildman–Crippen LogP) is 2.48. The van der Waals surface area contributed by atoms with E-state index in [1.54, 1.807) is 18.5 Å². The van der Waals surface area contributed by atoms with Gasteiger partial charge in [0.2, 0.25) is 0 Å². The molecule has 0 bridgehead atoms. The molecule has 1 unspecified atom stereocenters. The van der Waals surface area contributed by atoms with Gasteiger partial charge in [-0.25, -0.2) is 4.68 Å². The van der Waals surface area contributed by atoms with Crippen molar-refractivity contribution in [3.8, 4) is 5.69 Å². The number of aliphatic hydroxyl groups is 1. The Morgan fingerprint density at radius 3 is 2.42 bits per heavy atom. The number of para-hydroxylation sites is 1. The van der Waals surface area contributed by atoms with E-state index in [2.05, 4.69) is 5.10 Å². The summed E-state index contributed by atoms with van der Waals surface area (Å²) >= 11 is 0. The maximum atomic E-state index is 12.5. The number of aromatic nitrogens is 2. The summed E-state index contributed by atoms with van der Waals surface area (Å²) < 4.78 is 38.9. The summed E-state index contributed by atoms with van der Waals surface area (Å²) in [7, 11) is 1.22. The van der Waals surface area contributed by atoms with Crippen molar-refractivity contribution in [1.29, 1.82) is 0 Å². The average molecular weight is 341 g/mol. The second-order valence-corrected chi connectivity index (χ2v) is 5.54. The first-order chi connectivity index (χ1) is 11.1. The van der Waals surface area contributed by atoms with E-state index in [0.717, 1.165) is 10.6 Å². The number of alkyl halides is 3. The highest BCUT2D eigenvalue weighted by Gasteiger charge is 2.39. The molecule has 0 spiro atoms. The van der Waals surface area contributed by atoms with Crippen LogP contribution in [0.25, 0.3) is 5.69 Å². The highest BCUT2D eigenvalue weighted by Crippen LogP contribution is 2.23. The van der Waals surface area contributed by atoms with E-state index in [9.17, 15) is 18.0 Å². The maximum Gasteiger partial charge on any atom is 0.416 e. The van der Waals surface area contributed by atoms with Gasteiger partial charge in [0, 0.05) is 7.05 Å². The number of hydrogen-bond donors (Lipinski definition) is 1. The molecule has 0 saturated carbocycles. The Kier molecular flexibility index (Phi) is 4.98. The van der Waals surface area contributed by atoms with Crippen molar-refractivity contribution in [2.75, 3.05) is 13.6 Å². The minimum Gasteiger partial charge on any atom is -0.382 e. The normalized spacial score (nSPS) is 13.0. The molecule has 0 aliphatic heterocycles. The summed E-state index contributed by atoms with van der Waals surface area (Å²) in [5.74, 6) is -0.615. The molecule has 1 heterocycles. The number of nitrogens with zero attached hydrogens (tertiary/aromatic N) is 3. The Morgan fingerprint density at radius 2 is 1.88 bits per heavy atom. The van der Waals surface area contributed by atoms with Crippen LogP contribution in [-0.2, 0) is 0 Å². The number of aryl methyl sites for hydroxylation is 1. The molecule has 0 saturated heterocycles. The van der Waals surface area contributed by atoms with Crippen LogP contribution >= 0.6 is 0 Å². The highest BCUT2D eigenvalue weighted by atomic mass is 19.4. The molecule has 8 heteroatoms. The van der Waals surface area contributed by atoms with Gasteiger partial charge in [-0.2, -0.15) is 18.3 Å². The van der Waals surface area contributed by atoms with Crippen LogP contribution < -0.4 is 0 Å². The number of likely N-dealkylation sites (N-methyl/N-ethyl adjacent to an activating group) is 1. The highest BCUT2D eigenvalue weighted by molar-refractivity contribution is 5.96.